The molecule has 6 nitrogen and oxygen atoms in total. The standard InChI is InChI=1S/C14H22N2O4S/c1-14(2,9-15(3)4)8-10-12(19)16(13(20)21-10)7-5-6-11(17)18/h8H,5-7,9H2,1-4H3,(H,17,18)/b10-8-. The van der Waals surface area contributed by atoms with Crippen molar-refractivity contribution in [2.24, 2.45) is 5.41 Å². The van der Waals surface area contributed by atoms with Crippen molar-refractivity contribution in [1.29, 1.82) is 0 Å². The predicted octanol–water partition coefficient (Wildman–Crippen LogP) is 2.02. The van der Waals surface area contributed by atoms with Gasteiger partial charge in [0.2, 0.25) is 0 Å². The van der Waals surface area contributed by atoms with Crippen molar-refractivity contribution < 1.29 is 19.5 Å². The van der Waals surface area contributed by atoms with Crippen LogP contribution in [0.2, 0.25) is 0 Å². The van der Waals surface area contributed by atoms with Gasteiger partial charge in [-0.25, -0.2) is 0 Å². The van der Waals surface area contributed by atoms with Crippen LogP contribution in [0.3, 0.4) is 0 Å². The van der Waals surface area contributed by atoms with Crippen LogP contribution in [-0.2, 0) is 9.59 Å². The molecule has 1 heterocycles. The molecular weight excluding hydrogens is 292 g/mol. The highest BCUT2D eigenvalue weighted by Gasteiger charge is 2.36. The molecule has 1 aliphatic heterocycles. The van der Waals surface area contributed by atoms with Crippen LogP contribution in [0.15, 0.2) is 11.0 Å². The number of carbonyl (C=O) groups excluding carboxylic acids is 2. The zero-order valence-electron chi connectivity index (χ0n) is 12.9. The summed E-state index contributed by atoms with van der Waals surface area (Å²) in [5, 5.41) is 8.28. The second-order valence-corrected chi connectivity index (χ2v) is 7.05. The van der Waals surface area contributed by atoms with Gasteiger partial charge in [0.1, 0.15) is 0 Å². The van der Waals surface area contributed by atoms with Crippen LogP contribution in [-0.4, -0.2) is 59.2 Å². The van der Waals surface area contributed by atoms with E-state index in [-0.39, 0.29) is 35.9 Å². The summed E-state index contributed by atoms with van der Waals surface area (Å²) >= 11 is 0.927. The number of carbonyl (C=O) groups is 3. The summed E-state index contributed by atoms with van der Waals surface area (Å²) in [6.07, 6.45) is 2.06. The molecule has 0 atom stereocenters. The fraction of sp³-hybridized carbons (Fsp3) is 0.643. The molecule has 0 aromatic rings. The van der Waals surface area contributed by atoms with Crippen LogP contribution in [0.25, 0.3) is 0 Å². The molecule has 0 spiro atoms. The normalized spacial score (nSPS) is 18.1. The average molecular weight is 314 g/mol. The third-order valence-electron chi connectivity index (χ3n) is 2.89. The minimum atomic E-state index is -0.926. The second kappa shape index (κ2) is 7.09. The van der Waals surface area contributed by atoms with E-state index in [1.165, 1.54) is 0 Å². The first kappa shape index (κ1) is 17.7. The molecule has 0 bridgehead atoms. The number of carboxylic acid groups (broad SMARTS) is 1. The van der Waals surface area contributed by atoms with Crippen LogP contribution >= 0.6 is 11.8 Å². The third kappa shape index (κ3) is 5.51. The van der Waals surface area contributed by atoms with E-state index in [9.17, 15) is 14.4 Å². The molecule has 1 rings (SSSR count). The lowest BCUT2D eigenvalue weighted by Gasteiger charge is -2.25. The van der Waals surface area contributed by atoms with Gasteiger partial charge in [0.05, 0.1) is 4.91 Å². The SMILES string of the molecule is CN(C)CC(C)(C)/C=C1\SC(=O)N(CCCC(=O)O)C1=O. The summed E-state index contributed by atoms with van der Waals surface area (Å²) < 4.78 is 0. The summed E-state index contributed by atoms with van der Waals surface area (Å²) in [4.78, 5) is 38.1. The van der Waals surface area contributed by atoms with Gasteiger partial charge in [-0.05, 0) is 37.7 Å². The highest BCUT2D eigenvalue weighted by atomic mass is 32.2. The van der Waals surface area contributed by atoms with E-state index in [4.69, 9.17) is 5.11 Å². The Morgan fingerprint density at radius 3 is 2.52 bits per heavy atom. The van der Waals surface area contributed by atoms with E-state index in [1.54, 1.807) is 0 Å². The molecule has 118 valence electrons. The lowest BCUT2D eigenvalue weighted by Crippen LogP contribution is -2.30. The monoisotopic (exact) mass is 314 g/mol. The summed E-state index contributed by atoms with van der Waals surface area (Å²) in [7, 11) is 3.90. The van der Waals surface area contributed by atoms with Gasteiger partial charge in [-0.2, -0.15) is 0 Å². The van der Waals surface area contributed by atoms with Gasteiger partial charge >= 0.3 is 5.97 Å². The van der Waals surface area contributed by atoms with E-state index >= 15 is 0 Å². The number of imide groups is 1. The van der Waals surface area contributed by atoms with Crippen LogP contribution in [0, 0.1) is 5.41 Å². The molecule has 0 saturated carbocycles. The molecule has 2 amide bonds. The van der Waals surface area contributed by atoms with Crippen molar-refractivity contribution in [3.63, 3.8) is 0 Å². The Hall–Kier alpha value is -1.34. The zero-order valence-corrected chi connectivity index (χ0v) is 13.7. The molecule has 0 aromatic heterocycles. The fourth-order valence-corrected chi connectivity index (χ4v) is 3.34. The number of hydrogen-bond acceptors (Lipinski definition) is 5. The van der Waals surface area contributed by atoms with Crippen molar-refractivity contribution in [3.05, 3.63) is 11.0 Å². The van der Waals surface area contributed by atoms with Crippen LogP contribution in [0.1, 0.15) is 26.7 Å². The quantitative estimate of drug-likeness (QED) is 0.724. The van der Waals surface area contributed by atoms with E-state index in [0.717, 1.165) is 23.2 Å². The number of rotatable bonds is 7. The van der Waals surface area contributed by atoms with Crippen LogP contribution < -0.4 is 0 Å². The second-order valence-electron chi connectivity index (χ2n) is 6.06. The van der Waals surface area contributed by atoms with Crippen LogP contribution in [0.4, 0.5) is 4.79 Å². The molecule has 0 radical (unpaired) electrons. The highest BCUT2D eigenvalue weighted by Crippen LogP contribution is 2.34. The van der Waals surface area contributed by atoms with Crippen LogP contribution in [0.5, 0.6) is 0 Å². The topological polar surface area (TPSA) is 77.9 Å². The Kier molecular flexibility index (Phi) is 5.98. The molecule has 21 heavy (non-hydrogen) atoms. The summed E-state index contributed by atoms with van der Waals surface area (Å²) in [5.74, 6) is -1.24. The van der Waals surface area contributed by atoms with Gasteiger partial charge in [0, 0.05) is 19.5 Å². The molecule has 1 saturated heterocycles. The minimum Gasteiger partial charge on any atom is -0.481 e. The molecule has 1 aliphatic rings. The van der Waals surface area contributed by atoms with Crippen molar-refractivity contribution in [2.45, 2.75) is 26.7 Å². The van der Waals surface area contributed by atoms with Gasteiger partial charge in [-0.1, -0.05) is 19.9 Å². The van der Waals surface area contributed by atoms with Gasteiger partial charge in [-0.3, -0.25) is 19.3 Å². The molecule has 1 N–H and O–H groups in total. The fourth-order valence-electron chi connectivity index (χ4n) is 2.30. The highest BCUT2D eigenvalue weighted by molar-refractivity contribution is 8.18. The molecule has 0 aromatic carbocycles. The van der Waals surface area contributed by atoms with E-state index in [0.29, 0.717) is 4.91 Å². The summed E-state index contributed by atoms with van der Waals surface area (Å²) in [6.45, 7) is 4.93. The number of aliphatic carboxylic acids is 1. The van der Waals surface area contributed by atoms with Gasteiger partial charge < -0.3 is 10.0 Å². The first-order valence-electron chi connectivity index (χ1n) is 6.75. The number of nitrogens with zero attached hydrogens (tertiary/aromatic N) is 2. The van der Waals surface area contributed by atoms with E-state index in [2.05, 4.69) is 0 Å². The molecule has 7 heteroatoms. The average Bonchev–Trinajstić information content (AvgIpc) is 2.53. The lowest BCUT2D eigenvalue weighted by atomic mass is 9.92. The number of thioether (sulfide) groups is 1. The smallest absolute Gasteiger partial charge is 0.303 e. The van der Waals surface area contributed by atoms with Gasteiger partial charge in [0.15, 0.2) is 0 Å². The number of carboxylic acids is 1. The maximum Gasteiger partial charge on any atom is 0.303 e. The largest absolute Gasteiger partial charge is 0.481 e. The van der Waals surface area contributed by atoms with Crippen molar-refractivity contribution in [3.8, 4) is 0 Å². The predicted molar refractivity (Wildman–Crippen MR) is 82.0 cm³/mol. The van der Waals surface area contributed by atoms with Gasteiger partial charge in [0.25, 0.3) is 11.1 Å². The number of amides is 2. The van der Waals surface area contributed by atoms with Crippen molar-refractivity contribution in [1.82, 2.24) is 9.80 Å². The Balaban J connectivity index is 2.73. The Bertz CT molecular complexity index is 472. The first-order chi connectivity index (χ1) is 9.62. The summed E-state index contributed by atoms with van der Waals surface area (Å²) in [5.41, 5.74) is -0.223. The van der Waals surface area contributed by atoms with E-state index < -0.39 is 5.97 Å². The Labute approximate surface area is 129 Å². The lowest BCUT2D eigenvalue weighted by molar-refractivity contribution is -0.137. The van der Waals surface area contributed by atoms with Crippen molar-refractivity contribution >= 4 is 28.9 Å². The maximum atomic E-state index is 12.2. The first-order valence-corrected chi connectivity index (χ1v) is 7.57. The minimum absolute atomic E-state index is 0.0487. The molecule has 1 fully saturated rings. The molecule has 0 aliphatic carbocycles. The molecular formula is C14H22N2O4S. The third-order valence-corrected chi connectivity index (χ3v) is 3.80. The summed E-state index contributed by atoms with van der Waals surface area (Å²) in [6, 6.07) is 0. The molecule has 0 unspecified atom stereocenters. The maximum absolute atomic E-state index is 12.2. The Morgan fingerprint density at radius 1 is 1.38 bits per heavy atom. The van der Waals surface area contributed by atoms with Crippen molar-refractivity contribution in [2.75, 3.05) is 27.2 Å². The van der Waals surface area contributed by atoms with Gasteiger partial charge in [-0.15, -0.1) is 0 Å². The number of hydrogen-bond donors (Lipinski definition) is 1. The Morgan fingerprint density at radius 2 is 2.00 bits per heavy atom. The zero-order chi connectivity index (χ0) is 16.2. The van der Waals surface area contributed by atoms with E-state index in [1.807, 2.05) is 38.9 Å².